The summed E-state index contributed by atoms with van der Waals surface area (Å²) in [5.74, 6) is 0.867. The summed E-state index contributed by atoms with van der Waals surface area (Å²) in [4.78, 5) is 0. The molecule has 1 fully saturated rings. The molecule has 0 bridgehead atoms. The summed E-state index contributed by atoms with van der Waals surface area (Å²) in [6, 6.07) is 4.96. The van der Waals surface area contributed by atoms with Crippen LogP contribution in [0.15, 0.2) is 18.2 Å². The quantitative estimate of drug-likeness (QED) is 0.781. The van der Waals surface area contributed by atoms with Gasteiger partial charge in [0.15, 0.2) is 0 Å². The summed E-state index contributed by atoms with van der Waals surface area (Å²) < 4.78 is 27.9. The van der Waals surface area contributed by atoms with Gasteiger partial charge in [-0.25, -0.2) is 8.42 Å². The van der Waals surface area contributed by atoms with E-state index in [1.54, 1.807) is 18.2 Å². The van der Waals surface area contributed by atoms with Crippen LogP contribution in [0.5, 0.6) is 5.75 Å². The molecule has 0 heterocycles. The Morgan fingerprint density at radius 1 is 1.33 bits per heavy atom. The minimum absolute atomic E-state index is 0.269. The SMILES string of the molecule is O=S(=O)(Cl)Cc1cc(Cl)ccc1OCC1CCC1. The highest BCUT2D eigenvalue weighted by atomic mass is 35.7. The predicted octanol–water partition coefficient (Wildman–Crippen LogP) is 3.59. The van der Waals surface area contributed by atoms with Gasteiger partial charge in [0.1, 0.15) is 5.75 Å². The Kier molecular flexibility index (Phi) is 4.41. The Bertz CT molecular complexity index is 524. The van der Waals surface area contributed by atoms with Crippen molar-refractivity contribution in [1.82, 2.24) is 0 Å². The van der Waals surface area contributed by atoms with Crippen LogP contribution in [-0.2, 0) is 14.8 Å². The first-order valence-electron chi connectivity index (χ1n) is 5.77. The highest BCUT2D eigenvalue weighted by molar-refractivity contribution is 8.13. The Hall–Kier alpha value is -0.450. The molecule has 0 saturated heterocycles. The van der Waals surface area contributed by atoms with Crippen molar-refractivity contribution in [2.24, 2.45) is 5.92 Å². The van der Waals surface area contributed by atoms with E-state index in [9.17, 15) is 8.42 Å². The molecule has 0 radical (unpaired) electrons. The number of benzene rings is 1. The average Bonchev–Trinajstić information content (AvgIpc) is 2.16. The third-order valence-corrected chi connectivity index (χ3v) is 4.27. The fourth-order valence-corrected chi connectivity index (χ4v) is 3.00. The van der Waals surface area contributed by atoms with Crippen LogP contribution in [0.4, 0.5) is 0 Å². The average molecular weight is 309 g/mol. The lowest BCUT2D eigenvalue weighted by Crippen LogP contribution is -2.19. The standard InChI is InChI=1S/C12H14Cl2O3S/c13-11-4-5-12(17-7-9-2-1-3-9)10(6-11)8-18(14,15)16/h4-6,9H,1-3,7-8H2. The zero-order chi connectivity index (χ0) is 13.2. The van der Waals surface area contributed by atoms with Crippen LogP contribution < -0.4 is 4.74 Å². The summed E-state index contributed by atoms with van der Waals surface area (Å²) in [5, 5.41) is 0.473. The van der Waals surface area contributed by atoms with Crippen molar-refractivity contribution in [3.8, 4) is 5.75 Å². The third kappa shape index (κ3) is 4.04. The van der Waals surface area contributed by atoms with E-state index in [-0.39, 0.29) is 5.75 Å². The Balaban J connectivity index is 2.11. The second-order valence-electron chi connectivity index (χ2n) is 4.54. The van der Waals surface area contributed by atoms with Crippen molar-refractivity contribution in [3.05, 3.63) is 28.8 Å². The molecule has 1 aromatic carbocycles. The molecule has 0 amide bonds. The van der Waals surface area contributed by atoms with E-state index < -0.39 is 9.05 Å². The molecule has 1 saturated carbocycles. The van der Waals surface area contributed by atoms with Gasteiger partial charge >= 0.3 is 0 Å². The Morgan fingerprint density at radius 2 is 2.06 bits per heavy atom. The summed E-state index contributed by atoms with van der Waals surface area (Å²) in [6.45, 7) is 0.622. The third-order valence-electron chi connectivity index (χ3n) is 3.05. The highest BCUT2D eigenvalue weighted by Gasteiger charge is 2.19. The Labute approximate surface area is 116 Å². The second kappa shape index (κ2) is 5.68. The Morgan fingerprint density at radius 3 is 2.61 bits per heavy atom. The zero-order valence-electron chi connectivity index (χ0n) is 9.73. The zero-order valence-corrected chi connectivity index (χ0v) is 12.1. The smallest absolute Gasteiger partial charge is 0.236 e. The van der Waals surface area contributed by atoms with Gasteiger partial charge in [-0.2, -0.15) is 0 Å². The van der Waals surface area contributed by atoms with Gasteiger partial charge in [0.25, 0.3) is 0 Å². The molecule has 18 heavy (non-hydrogen) atoms. The first-order valence-corrected chi connectivity index (χ1v) is 8.63. The van der Waals surface area contributed by atoms with Crippen molar-refractivity contribution < 1.29 is 13.2 Å². The molecule has 6 heteroatoms. The van der Waals surface area contributed by atoms with Gasteiger partial charge < -0.3 is 4.74 Å². The maximum atomic E-state index is 11.1. The van der Waals surface area contributed by atoms with E-state index in [2.05, 4.69) is 0 Å². The lowest BCUT2D eigenvalue weighted by molar-refractivity contribution is 0.180. The largest absolute Gasteiger partial charge is 0.493 e. The van der Waals surface area contributed by atoms with Gasteiger partial charge in [-0.3, -0.25) is 0 Å². The molecule has 0 N–H and O–H groups in total. The highest BCUT2D eigenvalue weighted by Crippen LogP contribution is 2.30. The fourth-order valence-electron chi connectivity index (χ4n) is 1.85. The molecular weight excluding hydrogens is 295 g/mol. The second-order valence-corrected chi connectivity index (χ2v) is 7.76. The number of hydrogen-bond donors (Lipinski definition) is 0. The van der Waals surface area contributed by atoms with Crippen molar-refractivity contribution in [2.45, 2.75) is 25.0 Å². The van der Waals surface area contributed by atoms with E-state index in [0.717, 1.165) is 0 Å². The molecule has 0 aromatic heterocycles. The van der Waals surface area contributed by atoms with Gasteiger partial charge in [0.2, 0.25) is 9.05 Å². The predicted molar refractivity (Wildman–Crippen MR) is 72.8 cm³/mol. The molecule has 0 unspecified atom stereocenters. The molecule has 0 aliphatic heterocycles. The van der Waals surface area contributed by atoms with Gasteiger partial charge in [0, 0.05) is 21.3 Å². The van der Waals surface area contributed by atoms with Crippen LogP contribution in [0.1, 0.15) is 24.8 Å². The van der Waals surface area contributed by atoms with Gasteiger partial charge in [0.05, 0.1) is 12.4 Å². The van der Waals surface area contributed by atoms with E-state index in [4.69, 9.17) is 27.0 Å². The number of rotatable bonds is 5. The normalized spacial score (nSPS) is 16.3. The monoisotopic (exact) mass is 308 g/mol. The maximum absolute atomic E-state index is 11.1. The van der Waals surface area contributed by atoms with Gasteiger partial charge in [-0.05, 0) is 37.0 Å². The van der Waals surface area contributed by atoms with Crippen LogP contribution in [-0.4, -0.2) is 15.0 Å². The van der Waals surface area contributed by atoms with Crippen LogP contribution in [0.25, 0.3) is 0 Å². The molecule has 1 aliphatic carbocycles. The molecule has 1 aliphatic rings. The molecule has 100 valence electrons. The number of hydrogen-bond acceptors (Lipinski definition) is 3. The molecule has 2 rings (SSSR count). The van der Waals surface area contributed by atoms with Crippen molar-refractivity contribution in [3.63, 3.8) is 0 Å². The summed E-state index contributed by atoms with van der Waals surface area (Å²) in [5.41, 5.74) is 0.511. The van der Waals surface area contributed by atoms with Gasteiger partial charge in [-0.15, -0.1) is 0 Å². The van der Waals surface area contributed by atoms with Gasteiger partial charge in [-0.1, -0.05) is 18.0 Å². The molecular formula is C12H14Cl2O3S. The minimum atomic E-state index is -3.61. The van der Waals surface area contributed by atoms with E-state index in [0.29, 0.717) is 28.9 Å². The van der Waals surface area contributed by atoms with Crippen LogP contribution in [0.3, 0.4) is 0 Å². The summed E-state index contributed by atoms with van der Waals surface area (Å²) in [6.07, 6.45) is 3.60. The molecule has 1 aromatic rings. The van der Waals surface area contributed by atoms with Crippen LogP contribution in [0, 0.1) is 5.92 Å². The lowest BCUT2D eigenvalue weighted by Gasteiger charge is -2.25. The molecule has 0 spiro atoms. The van der Waals surface area contributed by atoms with E-state index in [1.807, 2.05) is 0 Å². The molecule has 0 atom stereocenters. The summed E-state index contributed by atoms with van der Waals surface area (Å²) in [7, 11) is 1.65. The maximum Gasteiger partial charge on any atom is 0.236 e. The first-order chi connectivity index (χ1) is 8.44. The van der Waals surface area contributed by atoms with Crippen LogP contribution in [0.2, 0.25) is 5.02 Å². The van der Waals surface area contributed by atoms with E-state index >= 15 is 0 Å². The van der Waals surface area contributed by atoms with Crippen LogP contribution >= 0.6 is 22.3 Å². The lowest BCUT2D eigenvalue weighted by atomic mass is 9.86. The topological polar surface area (TPSA) is 43.4 Å². The van der Waals surface area contributed by atoms with E-state index in [1.165, 1.54) is 19.3 Å². The van der Waals surface area contributed by atoms with Crippen molar-refractivity contribution in [2.75, 3.05) is 6.61 Å². The fraction of sp³-hybridized carbons (Fsp3) is 0.500. The first kappa shape index (κ1) is 14.0. The number of halogens is 2. The minimum Gasteiger partial charge on any atom is -0.493 e. The molecule has 3 nitrogen and oxygen atoms in total. The number of ether oxygens (including phenoxy) is 1. The van der Waals surface area contributed by atoms with Crippen molar-refractivity contribution in [1.29, 1.82) is 0 Å². The van der Waals surface area contributed by atoms with Crippen molar-refractivity contribution >= 4 is 31.3 Å². The summed E-state index contributed by atoms with van der Waals surface area (Å²) >= 11 is 5.85.